The molecule has 0 aliphatic carbocycles. The molecule has 8 heteroatoms. The zero-order valence-electron chi connectivity index (χ0n) is 13.2. The Labute approximate surface area is 143 Å². The van der Waals surface area contributed by atoms with Crippen LogP contribution in [0.1, 0.15) is 17.3 Å². The summed E-state index contributed by atoms with van der Waals surface area (Å²) < 4.78 is 6.83. The Morgan fingerprint density at radius 2 is 2.00 bits per heavy atom. The number of carbonyl (C=O) groups is 1. The summed E-state index contributed by atoms with van der Waals surface area (Å²) in [4.78, 5) is 19.9. The lowest BCUT2D eigenvalue weighted by atomic mass is 10.2. The molecule has 0 aliphatic heterocycles. The SMILES string of the molecule is CCOC(=O)c1ccc(Sc2nnc(-c3ccncc3)n2C)nc1. The molecule has 7 nitrogen and oxygen atoms in total. The Hall–Kier alpha value is -2.74. The number of carbonyl (C=O) groups excluding carboxylic acids is 1. The third-order valence-electron chi connectivity index (χ3n) is 3.22. The van der Waals surface area contributed by atoms with Gasteiger partial charge in [-0.2, -0.15) is 0 Å². The van der Waals surface area contributed by atoms with Gasteiger partial charge in [-0.3, -0.25) is 4.98 Å². The fraction of sp³-hybridized carbons (Fsp3) is 0.188. The van der Waals surface area contributed by atoms with Gasteiger partial charge in [-0.1, -0.05) is 0 Å². The van der Waals surface area contributed by atoms with Crippen molar-refractivity contribution in [3.05, 3.63) is 48.4 Å². The van der Waals surface area contributed by atoms with E-state index in [9.17, 15) is 4.79 Å². The molecular weight excluding hydrogens is 326 g/mol. The van der Waals surface area contributed by atoms with Gasteiger partial charge >= 0.3 is 5.97 Å². The van der Waals surface area contributed by atoms with E-state index in [1.165, 1.54) is 18.0 Å². The number of ether oxygens (including phenoxy) is 1. The third kappa shape index (κ3) is 3.43. The zero-order chi connectivity index (χ0) is 16.9. The second kappa shape index (κ2) is 7.22. The van der Waals surface area contributed by atoms with E-state index in [0.717, 1.165) is 16.4 Å². The summed E-state index contributed by atoms with van der Waals surface area (Å²) in [5.74, 6) is 0.378. The number of esters is 1. The average Bonchev–Trinajstić information content (AvgIpc) is 2.97. The maximum atomic E-state index is 11.6. The van der Waals surface area contributed by atoms with Gasteiger partial charge in [0.1, 0.15) is 5.03 Å². The van der Waals surface area contributed by atoms with Gasteiger partial charge in [0.2, 0.25) is 0 Å². The Morgan fingerprint density at radius 1 is 1.21 bits per heavy atom. The topological polar surface area (TPSA) is 82.8 Å². The highest BCUT2D eigenvalue weighted by molar-refractivity contribution is 7.99. The molecule has 0 saturated carbocycles. The van der Waals surface area contributed by atoms with Crippen LogP contribution in [0.2, 0.25) is 0 Å². The minimum absolute atomic E-state index is 0.339. The van der Waals surface area contributed by atoms with E-state index in [4.69, 9.17) is 4.74 Å². The molecule has 0 spiro atoms. The molecule has 122 valence electrons. The highest BCUT2D eigenvalue weighted by Gasteiger charge is 2.13. The molecule has 0 aromatic carbocycles. The van der Waals surface area contributed by atoms with Crippen molar-refractivity contribution in [2.24, 2.45) is 7.05 Å². The molecule has 3 heterocycles. The molecule has 0 saturated heterocycles. The van der Waals surface area contributed by atoms with E-state index < -0.39 is 0 Å². The van der Waals surface area contributed by atoms with Gasteiger partial charge in [-0.25, -0.2) is 9.78 Å². The maximum Gasteiger partial charge on any atom is 0.339 e. The fourth-order valence-corrected chi connectivity index (χ4v) is 2.76. The predicted molar refractivity (Wildman–Crippen MR) is 88.6 cm³/mol. The molecule has 3 aromatic heterocycles. The van der Waals surface area contributed by atoms with Crippen molar-refractivity contribution < 1.29 is 9.53 Å². The van der Waals surface area contributed by atoms with Crippen molar-refractivity contribution in [3.8, 4) is 11.4 Å². The van der Waals surface area contributed by atoms with Crippen molar-refractivity contribution >= 4 is 17.7 Å². The highest BCUT2D eigenvalue weighted by Crippen LogP contribution is 2.27. The van der Waals surface area contributed by atoms with E-state index >= 15 is 0 Å². The monoisotopic (exact) mass is 341 g/mol. The summed E-state index contributed by atoms with van der Waals surface area (Å²) in [6.45, 7) is 2.11. The standard InChI is InChI=1S/C16H15N5O2S/c1-3-23-15(22)12-4-5-13(18-10-12)24-16-20-19-14(21(16)2)11-6-8-17-9-7-11/h4-10H,3H2,1-2H3. The number of aromatic nitrogens is 5. The van der Waals surface area contributed by atoms with Crippen molar-refractivity contribution in [1.29, 1.82) is 0 Å². The molecule has 3 aromatic rings. The van der Waals surface area contributed by atoms with Crippen molar-refractivity contribution in [3.63, 3.8) is 0 Å². The normalized spacial score (nSPS) is 10.6. The van der Waals surface area contributed by atoms with Gasteiger partial charge in [-0.15, -0.1) is 10.2 Å². The van der Waals surface area contributed by atoms with E-state index in [0.29, 0.717) is 17.3 Å². The number of hydrogen-bond acceptors (Lipinski definition) is 7. The highest BCUT2D eigenvalue weighted by atomic mass is 32.2. The Bertz CT molecular complexity index is 833. The Kier molecular flexibility index (Phi) is 4.85. The van der Waals surface area contributed by atoms with Crippen LogP contribution in [0.25, 0.3) is 11.4 Å². The van der Waals surface area contributed by atoms with Crippen LogP contribution in [0.4, 0.5) is 0 Å². The Morgan fingerprint density at radius 3 is 2.67 bits per heavy atom. The smallest absolute Gasteiger partial charge is 0.339 e. The molecule has 0 N–H and O–H groups in total. The minimum Gasteiger partial charge on any atom is -0.462 e. The molecule has 0 aliphatic rings. The first-order valence-corrected chi connectivity index (χ1v) is 8.11. The first-order chi connectivity index (χ1) is 11.7. The van der Waals surface area contributed by atoms with Crippen LogP contribution < -0.4 is 0 Å². The third-order valence-corrected chi connectivity index (χ3v) is 4.21. The van der Waals surface area contributed by atoms with Crippen LogP contribution in [0.5, 0.6) is 0 Å². The van der Waals surface area contributed by atoms with Crippen LogP contribution in [0, 0.1) is 0 Å². The first kappa shape index (κ1) is 16.1. The van der Waals surface area contributed by atoms with Gasteiger partial charge in [0.25, 0.3) is 0 Å². The lowest BCUT2D eigenvalue weighted by Crippen LogP contribution is -2.04. The summed E-state index contributed by atoms with van der Waals surface area (Å²) in [7, 11) is 1.89. The number of nitrogens with zero attached hydrogens (tertiary/aromatic N) is 5. The van der Waals surface area contributed by atoms with Gasteiger partial charge in [0.15, 0.2) is 11.0 Å². The second-order valence-corrected chi connectivity index (χ2v) is 5.80. The van der Waals surface area contributed by atoms with Crippen LogP contribution in [-0.4, -0.2) is 37.3 Å². The van der Waals surface area contributed by atoms with Crippen molar-refractivity contribution in [1.82, 2.24) is 24.7 Å². The summed E-state index contributed by atoms with van der Waals surface area (Å²) >= 11 is 1.37. The Balaban J connectivity index is 1.77. The number of rotatable bonds is 5. The van der Waals surface area contributed by atoms with Gasteiger partial charge in [-0.05, 0) is 43.0 Å². The minimum atomic E-state index is -0.375. The molecule has 0 fully saturated rings. The summed E-state index contributed by atoms with van der Waals surface area (Å²) in [5.41, 5.74) is 1.37. The first-order valence-electron chi connectivity index (χ1n) is 7.30. The molecule has 0 atom stereocenters. The quantitative estimate of drug-likeness (QED) is 0.660. The summed E-state index contributed by atoms with van der Waals surface area (Å²) in [6.07, 6.45) is 4.93. The largest absolute Gasteiger partial charge is 0.462 e. The average molecular weight is 341 g/mol. The molecule has 24 heavy (non-hydrogen) atoms. The van der Waals surface area contributed by atoms with E-state index in [2.05, 4.69) is 20.2 Å². The lowest BCUT2D eigenvalue weighted by molar-refractivity contribution is 0.0525. The molecule has 3 rings (SSSR count). The number of hydrogen-bond donors (Lipinski definition) is 0. The lowest BCUT2D eigenvalue weighted by Gasteiger charge is -2.04. The molecular formula is C16H15N5O2S. The van der Waals surface area contributed by atoms with Crippen LogP contribution in [0.15, 0.2) is 53.0 Å². The zero-order valence-corrected chi connectivity index (χ0v) is 14.0. The van der Waals surface area contributed by atoms with Gasteiger partial charge in [0, 0.05) is 31.2 Å². The van der Waals surface area contributed by atoms with Crippen molar-refractivity contribution in [2.45, 2.75) is 17.1 Å². The van der Waals surface area contributed by atoms with E-state index in [-0.39, 0.29) is 5.97 Å². The number of pyridine rings is 2. The predicted octanol–water partition coefficient (Wildman–Crippen LogP) is 2.60. The van der Waals surface area contributed by atoms with Crippen LogP contribution in [0.3, 0.4) is 0 Å². The second-order valence-electron chi connectivity index (χ2n) is 4.81. The van der Waals surface area contributed by atoms with E-state index in [1.54, 1.807) is 31.5 Å². The van der Waals surface area contributed by atoms with Gasteiger partial charge in [0.05, 0.1) is 12.2 Å². The van der Waals surface area contributed by atoms with Gasteiger partial charge < -0.3 is 9.30 Å². The molecule has 0 unspecified atom stereocenters. The van der Waals surface area contributed by atoms with Crippen molar-refractivity contribution in [2.75, 3.05) is 6.61 Å². The van der Waals surface area contributed by atoms with E-state index in [1.807, 2.05) is 23.7 Å². The summed E-state index contributed by atoms with van der Waals surface area (Å²) in [6, 6.07) is 7.21. The molecule has 0 radical (unpaired) electrons. The van der Waals surface area contributed by atoms with Crippen LogP contribution in [-0.2, 0) is 11.8 Å². The van der Waals surface area contributed by atoms with Crippen LogP contribution >= 0.6 is 11.8 Å². The maximum absolute atomic E-state index is 11.6. The molecule has 0 bridgehead atoms. The summed E-state index contributed by atoms with van der Waals surface area (Å²) in [5, 5.41) is 9.84. The molecule has 0 amide bonds. The fourth-order valence-electron chi connectivity index (χ4n) is 2.03.